The molecule has 3 nitrogen and oxygen atoms in total. The second-order valence-corrected chi connectivity index (χ2v) is 3.24. The van der Waals surface area contributed by atoms with Crippen molar-refractivity contribution in [3.05, 3.63) is 0 Å². The van der Waals surface area contributed by atoms with Gasteiger partial charge in [-0.1, -0.05) is 20.3 Å². The van der Waals surface area contributed by atoms with Gasteiger partial charge in [-0.15, -0.1) is 0 Å². The first-order chi connectivity index (χ1) is 6.31. The molecule has 0 radical (unpaired) electrons. The SMILES string of the molecule is CCCOCCOCC(N)CCC. The van der Waals surface area contributed by atoms with E-state index in [0.29, 0.717) is 19.8 Å². The second kappa shape index (κ2) is 9.96. The molecular weight excluding hydrogens is 166 g/mol. The van der Waals surface area contributed by atoms with E-state index in [4.69, 9.17) is 15.2 Å². The predicted molar refractivity (Wildman–Crippen MR) is 54.8 cm³/mol. The summed E-state index contributed by atoms with van der Waals surface area (Å²) < 4.78 is 10.6. The maximum atomic E-state index is 5.76. The van der Waals surface area contributed by atoms with E-state index in [0.717, 1.165) is 25.9 Å². The molecule has 13 heavy (non-hydrogen) atoms. The Labute approximate surface area is 81.6 Å². The van der Waals surface area contributed by atoms with Gasteiger partial charge < -0.3 is 15.2 Å². The largest absolute Gasteiger partial charge is 0.379 e. The molecule has 0 saturated heterocycles. The standard InChI is InChI=1S/C10H23NO2/c1-3-5-10(11)9-13-8-7-12-6-4-2/h10H,3-9,11H2,1-2H3. The number of hydrogen-bond acceptors (Lipinski definition) is 3. The Hall–Kier alpha value is -0.120. The van der Waals surface area contributed by atoms with E-state index in [-0.39, 0.29) is 6.04 Å². The highest BCUT2D eigenvalue weighted by Crippen LogP contribution is 1.93. The fourth-order valence-electron chi connectivity index (χ4n) is 1.05. The molecule has 1 atom stereocenters. The van der Waals surface area contributed by atoms with Gasteiger partial charge >= 0.3 is 0 Å². The molecule has 0 fully saturated rings. The van der Waals surface area contributed by atoms with Gasteiger partial charge in [-0.2, -0.15) is 0 Å². The molecule has 0 aliphatic carbocycles. The average Bonchev–Trinajstić information content (AvgIpc) is 2.11. The van der Waals surface area contributed by atoms with Gasteiger partial charge in [-0.05, 0) is 12.8 Å². The van der Waals surface area contributed by atoms with E-state index in [1.807, 2.05) is 0 Å². The van der Waals surface area contributed by atoms with Crippen LogP contribution < -0.4 is 5.73 Å². The van der Waals surface area contributed by atoms with Gasteiger partial charge in [0.1, 0.15) is 0 Å². The Kier molecular flexibility index (Phi) is 9.87. The van der Waals surface area contributed by atoms with E-state index in [2.05, 4.69) is 13.8 Å². The first-order valence-electron chi connectivity index (χ1n) is 5.22. The second-order valence-electron chi connectivity index (χ2n) is 3.24. The molecule has 1 unspecified atom stereocenters. The highest BCUT2D eigenvalue weighted by atomic mass is 16.5. The van der Waals surface area contributed by atoms with Crippen LogP contribution in [0.2, 0.25) is 0 Å². The zero-order chi connectivity index (χ0) is 9.94. The van der Waals surface area contributed by atoms with Crippen molar-refractivity contribution < 1.29 is 9.47 Å². The molecule has 0 saturated carbocycles. The van der Waals surface area contributed by atoms with Crippen LogP contribution in [0.15, 0.2) is 0 Å². The van der Waals surface area contributed by atoms with Gasteiger partial charge in [-0.25, -0.2) is 0 Å². The van der Waals surface area contributed by atoms with Crippen LogP contribution in [0, 0.1) is 0 Å². The van der Waals surface area contributed by atoms with E-state index in [1.165, 1.54) is 0 Å². The van der Waals surface area contributed by atoms with Crippen LogP contribution in [0.4, 0.5) is 0 Å². The minimum Gasteiger partial charge on any atom is -0.379 e. The van der Waals surface area contributed by atoms with Gasteiger partial charge in [0.05, 0.1) is 19.8 Å². The lowest BCUT2D eigenvalue weighted by molar-refractivity contribution is 0.0422. The average molecular weight is 189 g/mol. The first-order valence-corrected chi connectivity index (χ1v) is 5.22. The van der Waals surface area contributed by atoms with Crippen molar-refractivity contribution >= 4 is 0 Å². The summed E-state index contributed by atoms with van der Waals surface area (Å²) in [5.74, 6) is 0. The van der Waals surface area contributed by atoms with Gasteiger partial charge in [0.15, 0.2) is 0 Å². The zero-order valence-corrected chi connectivity index (χ0v) is 8.92. The van der Waals surface area contributed by atoms with Crippen molar-refractivity contribution in [3.63, 3.8) is 0 Å². The number of ether oxygens (including phenoxy) is 2. The monoisotopic (exact) mass is 189 g/mol. The number of hydrogen-bond donors (Lipinski definition) is 1. The van der Waals surface area contributed by atoms with Crippen LogP contribution in [-0.4, -0.2) is 32.5 Å². The first kappa shape index (κ1) is 12.9. The third-order valence-corrected chi connectivity index (χ3v) is 1.71. The molecule has 0 aliphatic heterocycles. The van der Waals surface area contributed by atoms with Crippen molar-refractivity contribution in [2.45, 2.75) is 39.2 Å². The Balaban J connectivity index is 2.97. The maximum absolute atomic E-state index is 5.76. The van der Waals surface area contributed by atoms with Crippen molar-refractivity contribution in [2.24, 2.45) is 5.73 Å². The lowest BCUT2D eigenvalue weighted by Gasteiger charge is -2.10. The fourth-order valence-corrected chi connectivity index (χ4v) is 1.05. The summed E-state index contributed by atoms with van der Waals surface area (Å²) in [6, 6.07) is 0.191. The Morgan fingerprint density at radius 3 is 2.31 bits per heavy atom. The molecular formula is C10H23NO2. The van der Waals surface area contributed by atoms with Crippen molar-refractivity contribution in [1.82, 2.24) is 0 Å². The van der Waals surface area contributed by atoms with Crippen LogP contribution in [0.3, 0.4) is 0 Å². The quantitative estimate of drug-likeness (QED) is 0.560. The highest BCUT2D eigenvalue weighted by molar-refractivity contribution is 4.57. The van der Waals surface area contributed by atoms with Crippen LogP contribution >= 0.6 is 0 Å². The van der Waals surface area contributed by atoms with Gasteiger partial charge in [0, 0.05) is 12.6 Å². The summed E-state index contributed by atoms with van der Waals surface area (Å²) in [5, 5.41) is 0. The smallest absolute Gasteiger partial charge is 0.0701 e. The molecule has 0 rings (SSSR count). The van der Waals surface area contributed by atoms with Gasteiger partial charge in [0.2, 0.25) is 0 Å². The molecule has 2 N–H and O–H groups in total. The molecule has 0 aliphatic rings. The molecule has 0 aromatic carbocycles. The summed E-state index contributed by atoms with van der Waals surface area (Å²) in [7, 11) is 0. The Bertz CT molecular complexity index is 98.9. The minimum atomic E-state index is 0.191. The van der Waals surface area contributed by atoms with Crippen LogP contribution in [-0.2, 0) is 9.47 Å². The van der Waals surface area contributed by atoms with Crippen LogP contribution in [0.25, 0.3) is 0 Å². The number of nitrogens with two attached hydrogens (primary N) is 1. The fraction of sp³-hybridized carbons (Fsp3) is 1.00. The van der Waals surface area contributed by atoms with E-state index in [9.17, 15) is 0 Å². The summed E-state index contributed by atoms with van der Waals surface area (Å²) in [5.41, 5.74) is 5.76. The molecule has 0 heterocycles. The topological polar surface area (TPSA) is 44.5 Å². The lowest BCUT2D eigenvalue weighted by Crippen LogP contribution is -2.26. The Morgan fingerprint density at radius 1 is 1.00 bits per heavy atom. The third-order valence-electron chi connectivity index (χ3n) is 1.71. The molecule has 0 spiro atoms. The summed E-state index contributed by atoms with van der Waals surface area (Å²) in [6.45, 7) is 7.06. The molecule has 0 bridgehead atoms. The van der Waals surface area contributed by atoms with Crippen molar-refractivity contribution in [1.29, 1.82) is 0 Å². The predicted octanol–water partition coefficient (Wildman–Crippen LogP) is 1.56. The Morgan fingerprint density at radius 2 is 1.69 bits per heavy atom. The van der Waals surface area contributed by atoms with E-state index in [1.54, 1.807) is 0 Å². The normalized spacial score (nSPS) is 13.2. The third kappa shape index (κ3) is 9.80. The van der Waals surface area contributed by atoms with Gasteiger partial charge in [-0.3, -0.25) is 0 Å². The zero-order valence-electron chi connectivity index (χ0n) is 8.92. The molecule has 0 amide bonds. The molecule has 0 aromatic rings. The van der Waals surface area contributed by atoms with E-state index < -0.39 is 0 Å². The summed E-state index contributed by atoms with van der Waals surface area (Å²) >= 11 is 0. The van der Waals surface area contributed by atoms with E-state index >= 15 is 0 Å². The van der Waals surface area contributed by atoms with Crippen LogP contribution in [0.5, 0.6) is 0 Å². The number of rotatable bonds is 9. The summed E-state index contributed by atoms with van der Waals surface area (Å²) in [6.07, 6.45) is 3.22. The van der Waals surface area contributed by atoms with Crippen LogP contribution in [0.1, 0.15) is 33.1 Å². The van der Waals surface area contributed by atoms with Gasteiger partial charge in [0.25, 0.3) is 0 Å². The maximum Gasteiger partial charge on any atom is 0.0701 e. The minimum absolute atomic E-state index is 0.191. The lowest BCUT2D eigenvalue weighted by atomic mass is 10.2. The highest BCUT2D eigenvalue weighted by Gasteiger charge is 1.99. The van der Waals surface area contributed by atoms with Crippen molar-refractivity contribution in [3.8, 4) is 0 Å². The molecule has 80 valence electrons. The summed E-state index contributed by atoms with van der Waals surface area (Å²) in [4.78, 5) is 0. The molecule has 3 heteroatoms. The molecule has 0 aromatic heterocycles. The van der Waals surface area contributed by atoms with Crippen molar-refractivity contribution in [2.75, 3.05) is 26.4 Å².